The Morgan fingerprint density at radius 1 is 1.19 bits per heavy atom. The van der Waals surface area contributed by atoms with Crippen molar-refractivity contribution in [2.75, 3.05) is 22.4 Å². The third-order valence-corrected chi connectivity index (χ3v) is 5.75. The number of hydrogen-bond donors (Lipinski definition) is 1. The van der Waals surface area contributed by atoms with E-state index in [0.717, 1.165) is 11.8 Å². The van der Waals surface area contributed by atoms with Gasteiger partial charge in [-0.25, -0.2) is 8.42 Å². The van der Waals surface area contributed by atoms with Crippen LogP contribution in [0.1, 0.15) is 5.56 Å². The maximum Gasteiger partial charge on any atom is 0.267 e. The van der Waals surface area contributed by atoms with Gasteiger partial charge < -0.3 is 10.1 Å². The number of halogens is 2. The number of benzene rings is 2. The molecule has 2 aromatic carbocycles. The molecule has 0 aromatic heterocycles. The number of amides is 1. The minimum atomic E-state index is -3.57. The highest BCUT2D eigenvalue weighted by atomic mass is 35.5. The predicted molar refractivity (Wildman–Crippen MR) is 103 cm³/mol. The Balaban J connectivity index is 1.88. The molecule has 1 aliphatic rings. The van der Waals surface area contributed by atoms with Crippen molar-refractivity contribution in [3.05, 3.63) is 52.0 Å². The number of nitrogens with zero attached hydrogens (tertiary/aromatic N) is 1. The SMILES string of the molecule is Cc1ccc2c(c1)N(S(C)(=O)=O)CC(C(=O)Nc1ccc(Cl)c(Cl)c1)O2. The predicted octanol–water partition coefficient (Wildman–Crippen LogP) is 3.47. The molecule has 1 heterocycles. The molecule has 2 aromatic rings. The summed E-state index contributed by atoms with van der Waals surface area (Å²) in [5.41, 5.74) is 1.75. The Kier molecular flexibility index (Phi) is 5.05. The Labute approximate surface area is 161 Å². The average molecular weight is 415 g/mol. The normalized spacial score (nSPS) is 16.6. The van der Waals surface area contributed by atoms with Crippen molar-refractivity contribution in [1.82, 2.24) is 0 Å². The lowest BCUT2D eigenvalue weighted by Crippen LogP contribution is -2.48. The fourth-order valence-electron chi connectivity index (χ4n) is 2.61. The zero-order valence-corrected chi connectivity index (χ0v) is 16.3. The van der Waals surface area contributed by atoms with Crippen molar-refractivity contribution in [1.29, 1.82) is 0 Å². The Bertz CT molecular complexity index is 979. The van der Waals surface area contributed by atoms with Crippen molar-refractivity contribution in [2.24, 2.45) is 0 Å². The molecule has 0 saturated carbocycles. The van der Waals surface area contributed by atoms with Crippen LogP contribution in [-0.2, 0) is 14.8 Å². The summed E-state index contributed by atoms with van der Waals surface area (Å²) in [4.78, 5) is 12.6. The summed E-state index contributed by atoms with van der Waals surface area (Å²) in [6, 6.07) is 9.82. The first-order valence-corrected chi connectivity index (χ1v) is 10.3. The summed E-state index contributed by atoms with van der Waals surface area (Å²) >= 11 is 11.8. The number of fused-ring (bicyclic) bond motifs is 1. The molecule has 1 unspecified atom stereocenters. The average Bonchev–Trinajstić information content (AvgIpc) is 2.56. The first kappa shape index (κ1) is 18.8. The number of sulfonamides is 1. The molecule has 3 rings (SSSR count). The lowest BCUT2D eigenvalue weighted by molar-refractivity contribution is -0.122. The zero-order chi connectivity index (χ0) is 19.1. The van der Waals surface area contributed by atoms with E-state index in [2.05, 4.69) is 5.32 Å². The van der Waals surface area contributed by atoms with Crippen LogP contribution in [0.5, 0.6) is 5.75 Å². The van der Waals surface area contributed by atoms with Gasteiger partial charge >= 0.3 is 0 Å². The molecule has 0 aliphatic carbocycles. The number of rotatable bonds is 3. The monoisotopic (exact) mass is 414 g/mol. The molecule has 1 N–H and O–H groups in total. The molecule has 26 heavy (non-hydrogen) atoms. The summed E-state index contributed by atoms with van der Waals surface area (Å²) in [6.07, 6.45) is 0.0904. The molecule has 138 valence electrons. The van der Waals surface area contributed by atoms with Crippen LogP contribution >= 0.6 is 23.2 Å². The van der Waals surface area contributed by atoms with Gasteiger partial charge in [0.2, 0.25) is 10.0 Å². The molecule has 0 bridgehead atoms. The van der Waals surface area contributed by atoms with Gasteiger partial charge in [0.05, 0.1) is 28.5 Å². The van der Waals surface area contributed by atoms with Crippen molar-refractivity contribution in [2.45, 2.75) is 13.0 Å². The maximum atomic E-state index is 12.6. The lowest BCUT2D eigenvalue weighted by Gasteiger charge is -2.34. The standard InChI is InChI=1S/C17H16Cl2N2O4S/c1-10-3-6-15-14(7-10)21(26(2,23)24)9-16(25-15)17(22)20-11-4-5-12(18)13(19)8-11/h3-8,16H,9H2,1-2H3,(H,20,22). The van der Waals surface area contributed by atoms with Crippen molar-refractivity contribution >= 4 is 50.5 Å². The third kappa shape index (κ3) is 3.90. The van der Waals surface area contributed by atoms with E-state index in [4.69, 9.17) is 27.9 Å². The van der Waals surface area contributed by atoms with Gasteiger partial charge in [0.15, 0.2) is 6.10 Å². The third-order valence-electron chi connectivity index (χ3n) is 3.86. The van der Waals surface area contributed by atoms with E-state index in [1.54, 1.807) is 30.3 Å². The zero-order valence-electron chi connectivity index (χ0n) is 14.0. The van der Waals surface area contributed by atoms with E-state index in [1.807, 2.05) is 6.92 Å². The van der Waals surface area contributed by atoms with Gasteiger partial charge in [0, 0.05) is 5.69 Å². The van der Waals surface area contributed by atoms with Gasteiger partial charge in [-0.1, -0.05) is 29.3 Å². The van der Waals surface area contributed by atoms with Crippen LogP contribution in [-0.4, -0.2) is 33.2 Å². The van der Waals surface area contributed by atoms with Gasteiger partial charge in [-0.3, -0.25) is 9.10 Å². The molecule has 0 radical (unpaired) electrons. The van der Waals surface area contributed by atoms with Gasteiger partial charge in [0.1, 0.15) is 5.75 Å². The number of nitrogens with one attached hydrogen (secondary N) is 1. The van der Waals surface area contributed by atoms with Crippen LogP contribution in [0.2, 0.25) is 10.0 Å². The molecule has 0 saturated heterocycles. The summed E-state index contributed by atoms with van der Waals surface area (Å²) in [6.45, 7) is 1.73. The number of ether oxygens (including phenoxy) is 1. The van der Waals surface area contributed by atoms with Gasteiger partial charge in [0.25, 0.3) is 5.91 Å². The molecule has 6 nitrogen and oxygen atoms in total. The summed E-state index contributed by atoms with van der Waals surface area (Å²) in [5.74, 6) is -0.148. The fraction of sp³-hybridized carbons (Fsp3) is 0.235. The van der Waals surface area contributed by atoms with Crippen molar-refractivity contribution in [3.63, 3.8) is 0 Å². The largest absolute Gasteiger partial charge is 0.476 e. The van der Waals surface area contributed by atoms with E-state index in [-0.39, 0.29) is 6.54 Å². The summed E-state index contributed by atoms with van der Waals surface area (Å²) < 4.78 is 31.3. The van der Waals surface area contributed by atoms with E-state index >= 15 is 0 Å². The quantitative estimate of drug-likeness (QED) is 0.833. The second-order valence-electron chi connectivity index (χ2n) is 5.99. The van der Waals surface area contributed by atoms with E-state index < -0.39 is 22.0 Å². The first-order valence-electron chi connectivity index (χ1n) is 7.66. The maximum absolute atomic E-state index is 12.6. The van der Waals surface area contributed by atoms with Gasteiger partial charge in [-0.05, 0) is 42.8 Å². The molecule has 1 amide bonds. The first-order chi connectivity index (χ1) is 12.1. The molecular weight excluding hydrogens is 399 g/mol. The van der Waals surface area contributed by atoms with Crippen LogP contribution in [0.3, 0.4) is 0 Å². The summed E-state index contributed by atoms with van der Waals surface area (Å²) in [7, 11) is -3.57. The fourth-order valence-corrected chi connectivity index (χ4v) is 3.81. The molecule has 0 spiro atoms. The van der Waals surface area contributed by atoms with E-state index in [9.17, 15) is 13.2 Å². The second kappa shape index (κ2) is 6.98. The Hall–Kier alpha value is -1.96. The van der Waals surface area contributed by atoms with Crippen molar-refractivity contribution in [3.8, 4) is 5.75 Å². The van der Waals surface area contributed by atoms with Crippen molar-refractivity contribution < 1.29 is 17.9 Å². The minimum absolute atomic E-state index is 0.123. The van der Waals surface area contributed by atoms with E-state index in [1.165, 1.54) is 10.4 Å². The number of aryl methyl sites for hydroxylation is 1. The molecule has 9 heteroatoms. The van der Waals surface area contributed by atoms with Crippen LogP contribution in [0, 0.1) is 6.92 Å². The number of carbonyl (C=O) groups excluding carboxylic acids is 1. The lowest BCUT2D eigenvalue weighted by atomic mass is 10.1. The minimum Gasteiger partial charge on any atom is -0.476 e. The Morgan fingerprint density at radius 2 is 1.92 bits per heavy atom. The van der Waals surface area contributed by atoms with Crippen LogP contribution in [0.15, 0.2) is 36.4 Å². The second-order valence-corrected chi connectivity index (χ2v) is 8.71. The van der Waals surface area contributed by atoms with Crippen LogP contribution < -0.4 is 14.4 Å². The smallest absolute Gasteiger partial charge is 0.267 e. The molecule has 1 atom stereocenters. The topological polar surface area (TPSA) is 75.7 Å². The molecular formula is C17H16Cl2N2O4S. The highest BCUT2D eigenvalue weighted by Gasteiger charge is 2.35. The highest BCUT2D eigenvalue weighted by molar-refractivity contribution is 7.92. The summed E-state index contributed by atoms with van der Waals surface area (Å²) in [5, 5.41) is 3.33. The highest BCUT2D eigenvalue weighted by Crippen LogP contribution is 2.36. The molecule has 1 aliphatic heterocycles. The number of anilines is 2. The molecule has 0 fully saturated rings. The number of carbonyl (C=O) groups is 1. The number of hydrogen-bond acceptors (Lipinski definition) is 4. The van der Waals surface area contributed by atoms with Crippen LogP contribution in [0.4, 0.5) is 11.4 Å². The van der Waals surface area contributed by atoms with Gasteiger partial charge in [-0.15, -0.1) is 0 Å². The Morgan fingerprint density at radius 3 is 2.58 bits per heavy atom. The van der Waals surface area contributed by atoms with E-state index in [0.29, 0.717) is 27.2 Å². The van der Waals surface area contributed by atoms with Gasteiger partial charge in [-0.2, -0.15) is 0 Å². The van der Waals surface area contributed by atoms with Crippen LogP contribution in [0.25, 0.3) is 0 Å².